The number of carbonyl (C=O) groups excluding carboxylic acids is 3. The Bertz CT molecular complexity index is 767. The van der Waals surface area contributed by atoms with Crippen LogP contribution in [0.4, 0.5) is 0 Å². The summed E-state index contributed by atoms with van der Waals surface area (Å²) in [4.78, 5) is 39.0. The SMILES string of the molecule is O=C(NCCC1CCCNC1)c1ccc2c(c1)C(=O)N(CC1CCCO1)C2=O. The van der Waals surface area contributed by atoms with Crippen molar-refractivity contribution in [3.8, 4) is 0 Å². The number of benzene rings is 1. The number of ether oxygens (including phenoxy) is 1. The van der Waals surface area contributed by atoms with Gasteiger partial charge in [0, 0.05) is 18.7 Å². The van der Waals surface area contributed by atoms with Crippen molar-refractivity contribution in [3.05, 3.63) is 34.9 Å². The molecule has 2 saturated heterocycles. The highest BCUT2D eigenvalue weighted by Gasteiger charge is 2.37. The molecular formula is C21H27N3O4. The van der Waals surface area contributed by atoms with Gasteiger partial charge in [-0.2, -0.15) is 0 Å². The normalized spacial score (nSPS) is 24.5. The Kier molecular flexibility index (Phi) is 5.73. The Morgan fingerprint density at radius 2 is 2.04 bits per heavy atom. The molecule has 0 bridgehead atoms. The average molecular weight is 385 g/mol. The van der Waals surface area contributed by atoms with Crippen LogP contribution in [0.2, 0.25) is 0 Å². The number of hydrogen-bond donors (Lipinski definition) is 2. The first-order chi connectivity index (χ1) is 13.6. The Labute approximate surface area is 164 Å². The third-order valence-corrected chi connectivity index (χ3v) is 5.88. The highest BCUT2D eigenvalue weighted by molar-refractivity contribution is 6.22. The molecule has 3 amide bonds. The molecule has 2 N–H and O–H groups in total. The van der Waals surface area contributed by atoms with Crippen LogP contribution >= 0.6 is 0 Å². The van der Waals surface area contributed by atoms with E-state index < -0.39 is 0 Å². The van der Waals surface area contributed by atoms with E-state index in [1.165, 1.54) is 17.7 Å². The summed E-state index contributed by atoms with van der Waals surface area (Å²) in [5.74, 6) is -0.241. The van der Waals surface area contributed by atoms with E-state index in [1.807, 2.05) is 0 Å². The lowest BCUT2D eigenvalue weighted by atomic mass is 9.96. The smallest absolute Gasteiger partial charge is 0.261 e. The first kappa shape index (κ1) is 19.1. The van der Waals surface area contributed by atoms with E-state index in [-0.39, 0.29) is 30.4 Å². The fraction of sp³-hybridized carbons (Fsp3) is 0.571. The summed E-state index contributed by atoms with van der Waals surface area (Å²) in [6, 6.07) is 4.75. The number of nitrogens with one attached hydrogen (secondary N) is 2. The van der Waals surface area contributed by atoms with Crippen LogP contribution in [0.5, 0.6) is 0 Å². The summed E-state index contributed by atoms with van der Waals surface area (Å²) < 4.78 is 5.55. The zero-order valence-electron chi connectivity index (χ0n) is 16.0. The van der Waals surface area contributed by atoms with E-state index in [1.54, 1.807) is 18.2 Å². The van der Waals surface area contributed by atoms with Crippen LogP contribution in [0.15, 0.2) is 18.2 Å². The number of rotatable bonds is 6. The topological polar surface area (TPSA) is 87.7 Å². The van der Waals surface area contributed by atoms with E-state index in [0.29, 0.717) is 35.8 Å². The van der Waals surface area contributed by atoms with E-state index in [2.05, 4.69) is 10.6 Å². The van der Waals surface area contributed by atoms with Crippen molar-refractivity contribution in [2.75, 3.05) is 32.8 Å². The van der Waals surface area contributed by atoms with Crippen molar-refractivity contribution in [2.45, 2.75) is 38.2 Å². The number of carbonyl (C=O) groups is 3. The molecule has 2 unspecified atom stereocenters. The molecule has 7 nitrogen and oxygen atoms in total. The first-order valence-electron chi connectivity index (χ1n) is 10.2. The van der Waals surface area contributed by atoms with E-state index in [9.17, 15) is 14.4 Å². The van der Waals surface area contributed by atoms with Crippen LogP contribution < -0.4 is 10.6 Å². The Balaban J connectivity index is 1.37. The molecule has 28 heavy (non-hydrogen) atoms. The van der Waals surface area contributed by atoms with Crippen LogP contribution in [0, 0.1) is 5.92 Å². The third-order valence-electron chi connectivity index (χ3n) is 5.88. The molecule has 1 aromatic rings. The van der Waals surface area contributed by atoms with Crippen molar-refractivity contribution in [1.82, 2.24) is 15.5 Å². The number of hydrogen-bond acceptors (Lipinski definition) is 5. The number of nitrogens with zero attached hydrogens (tertiary/aromatic N) is 1. The predicted octanol–water partition coefficient (Wildman–Crippen LogP) is 1.58. The summed E-state index contributed by atoms with van der Waals surface area (Å²) >= 11 is 0. The van der Waals surface area contributed by atoms with E-state index in [0.717, 1.165) is 32.4 Å². The molecule has 0 spiro atoms. The highest BCUT2D eigenvalue weighted by atomic mass is 16.5. The van der Waals surface area contributed by atoms with Gasteiger partial charge in [0.1, 0.15) is 0 Å². The van der Waals surface area contributed by atoms with Gasteiger partial charge >= 0.3 is 0 Å². The van der Waals surface area contributed by atoms with Gasteiger partial charge in [0.15, 0.2) is 0 Å². The van der Waals surface area contributed by atoms with Gasteiger partial charge in [0.05, 0.1) is 23.8 Å². The molecule has 7 heteroatoms. The fourth-order valence-corrected chi connectivity index (χ4v) is 4.25. The molecule has 3 aliphatic heterocycles. The zero-order chi connectivity index (χ0) is 19.5. The van der Waals surface area contributed by atoms with Gasteiger partial charge in [0.2, 0.25) is 0 Å². The van der Waals surface area contributed by atoms with Crippen molar-refractivity contribution < 1.29 is 19.1 Å². The molecule has 0 radical (unpaired) electrons. The van der Waals surface area contributed by atoms with E-state index in [4.69, 9.17) is 4.74 Å². The van der Waals surface area contributed by atoms with Crippen molar-refractivity contribution in [2.24, 2.45) is 5.92 Å². The molecule has 1 aromatic carbocycles. The maximum atomic E-state index is 12.7. The molecule has 2 fully saturated rings. The lowest BCUT2D eigenvalue weighted by molar-refractivity contribution is 0.0475. The second-order valence-corrected chi connectivity index (χ2v) is 7.87. The molecule has 4 rings (SSSR count). The van der Waals surface area contributed by atoms with Crippen LogP contribution in [0.1, 0.15) is 63.2 Å². The standard InChI is InChI=1S/C21H27N3O4/c25-19(23-9-7-14-3-1-8-22-12-14)15-5-6-17-18(11-15)21(27)24(20(17)26)13-16-4-2-10-28-16/h5-6,11,14,16,22H,1-4,7-10,12-13H2,(H,23,25). The summed E-state index contributed by atoms with van der Waals surface area (Å²) in [6.07, 6.45) is 5.04. The monoisotopic (exact) mass is 385 g/mol. The van der Waals surface area contributed by atoms with Gasteiger partial charge < -0.3 is 15.4 Å². The highest BCUT2D eigenvalue weighted by Crippen LogP contribution is 2.26. The van der Waals surface area contributed by atoms with E-state index >= 15 is 0 Å². The van der Waals surface area contributed by atoms with Gasteiger partial charge in [0.25, 0.3) is 17.7 Å². The summed E-state index contributed by atoms with van der Waals surface area (Å²) in [7, 11) is 0. The quantitative estimate of drug-likeness (QED) is 0.726. The largest absolute Gasteiger partial charge is 0.376 e. The minimum absolute atomic E-state index is 0.0840. The van der Waals surface area contributed by atoms with Gasteiger partial charge in [-0.3, -0.25) is 19.3 Å². The predicted molar refractivity (Wildman–Crippen MR) is 103 cm³/mol. The molecule has 0 saturated carbocycles. The Morgan fingerprint density at radius 3 is 2.79 bits per heavy atom. The number of amides is 3. The zero-order valence-corrected chi connectivity index (χ0v) is 16.0. The molecule has 3 heterocycles. The maximum Gasteiger partial charge on any atom is 0.261 e. The van der Waals surface area contributed by atoms with Gasteiger partial charge in [-0.1, -0.05) is 0 Å². The Morgan fingerprint density at radius 1 is 1.18 bits per heavy atom. The average Bonchev–Trinajstić information content (AvgIpc) is 3.32. The summed E-state index contributed by atoms with van der Waals surface area (Å²) in [5.41, 5.74) is 1.10. The first-order valence-corrected chi connectivity index (χ1v) is 10.2. The maximum absolute atomic E-state index is 12.7. The third kappa shape index (κ3) is 3.95. The van der Waals surface area contributed by atoms with Crippen LogP contribution in [0.3, 0.4) is 0 Å². The number of imide groups is 1. The molecular weight excluding hydrogens is 358 g/mol. The van der Waals surface area contributed by atoms with Gasteiger partial charge in [-0.15, -0.1) is 0 Å². The van der Waals surface area contributed by atoms with Crippen molar-refractivity contribution in [3.63, 3.8) is 0 Å². The van der Waals surface area contributed by atoms with Crippen LogP contribution in [-0.4, -0.2) is 61.5 Å². The molecule has 0 aromatic heterocycles. The number of fused-ring (bicyclic) bond motifs is 1. The van der Waals surface area contributed by atoms with Crippen LogP contribution in [0.25, 0.3) is 0 Å². The van der Waals surface area contributed by atoms with Gasteiger partial charge in [-0.25, -0.2) is 0 Å². The lowest BCUT2D eigenvalue weighted by Gasteiger charge is -2.22. The van der Waals surface area contributed by atoms with Crippen molar-refractivity contribution >= 4 is 17.7 Å². The van der Waals surface area contributed by atoms with Crippen molar-refractivity contribution in [1.29, 1.82) is 0 Å². The number of piperidine rings is 1. The molecule has 0 aliphatic carbocycles. The second-order valence-electron chi connectivity index (χ2n) is 7.87. The summed E-state index contributed by atoms with van der Waals surface area (Å²) in [5, 5.41) is 6.31. The molecule has 3 aliphatic rings. The van der Waals surface area contributed by atoms with Gasteiger partial charge in [-0.05, 0) is 69.3 Å². The minimum atomic E-state index is -0.335. The second kappa shape index (κ2) is 8.41. The lowest BCUT2D eigenvalue weighted by Crippen LogP contribution is -2.36. The minimum Gasteiger partial charge on any atom is -0.376 e. The summed E-state index contributed by atoms with van der Waals surface area (Å²) in [6.45, 7) is 3.65. The Hall–Kier alpha value is -2.25. The van der Waals surface area contributed by atoms with Crippen LogP contribution in [-0.2, 0) is 4.74 Å². The molecule has 2 atom stereocenters. The molecule has 150 valence electrons. The fourth-order valence-electron chi connectivity index (χ4n) is 4.25.